The van der Waals surface area contributed by atoms with E-state index in [1.54, 1.807) is 11.3 Å². The zero-order valence-electron chi connectivity index (χ0n) is 16.3. The third-order valence-electron chi connectivity index (χ3n) is 5.66. The SMILES string of the molecule is Nc1ncccc1-c1nc2ccc(N3N=CCN3)nc2n1-c1ccc2c(c1)CCC2. The Morgan fingerprint density at radius 3 is 2.80 bits per heavy atom. The van der Waals surface area contributed by atoms with Gasteiger partial charge in [0.05, 0.1) is 12.1 Å². The molecule has 4 aromatic rings. The molecule has 3 N–H and O–H groups in total. The van der Waals surface area contributed by atoms with E-state index in [-0.39, 0.29) is 0 Å². The molecule has 0 bridgehead atoms. The van der Waals surface area contributed by atoms with E-state index in [4.69, 9.17) is 15.7 Å². The molecule has 4 heterocycles. The van der Waals surface area contributed by atoms with Gasteiger partial charge in [-0.25, -0.2) is 20.4 Å². The lowest BCUT2D eigenvalue weighted by Crippen LogP contribution is -2.29. The van der Waals surface area contributed by atoms with Crippen molar-refractivity contribution in [2.45, 2.75) is 19.3 Å². The highest BCUT2D eigenvalue weighted by molar-refractivity contribution is 5.84. The van der Waals surface area contributed by atoms with Crippen LogP contribution < -0.4 is 16.3 Å². The second-order valence-corrected chi connectivity index (χ2v) is 7.50. The molecule has 30 heavy (non-hydrogen) atoms. The topological polar surface area (TPSA) is 97.2 Å². The Kier molecular flexibility index (Phi) is 3.78. The van der Waals surface area contributed by atoms with Crippen LogP contribution in [0.3, 0.4) is 0 Å². The van der Waals surface area contributed by atoms with Crippen molar-refractivity contribution >= 4 is 29.0 Å². The van der Waals surface area contributed by atoms with Crippen LogP contribution in [0.1, 0.15) is 17.5 Å². The Morgan fingerprint density at radius 1 is 1.00 bits per heavy atom. The number of anilines is 2. The van der Waals surface area contributed by atoms with Gasteiger partial charge in [-0.05, 0) is 66.8 Å². The summed E-state index contributed by atoms with van der Waals surface area (Å²) >= 11 is 0. The predicted octanol–water partition coefficient (Wildman–Crippen LogP) is 2.86. The van der Waals surface area contributed by atoms with Gasteiger partial charge in [0.25, 0.3) is 0 Å². The zero-order chi connectivity index (χ0) is 20.1. The Labute approximate surface area is 173 Å². The Balaban J connectivity index is 1.62. The molecular weight excluding hydrogens is 376 g/mol. The Hall–Kier alpha value is -3.78. The number of nitrogens with one attached hydrogen (secondary N) is 1. The van der Waals surface area contributed by atoms with Crippen LogP contribution in [0.15, 0.2) is 53.8 Å². The van der Waals surface area contributed by atoms with E-state index in [0.29, 0.717) is 18.2 Å². The highest BCUT2D eigenvalue weighted by Crippen LogP contribution is 2.33. The van der Waals surface area contributed by atoms with E-state index in [0.717, 1.165) is 41.1 Å². The summed E-state index contributed by atoms with van der Waals surface area (Å²) in [5.41, 5.74) is 15.6. The summed E-state index contributed by atoms with van der Waals surface area (Å²) in [5.74, 6) is 1.89. The van der Waals surface area contributed by atoms with Crippen molar-refractivity contribution in [3.63, 3.8) is 0 Å². The first kappa shape index (κ1) is 17.1. The summed E-state index contributed by atoms with van der Waals surface area (Å²) in [6, 6.07) is 14.3. The number of hydrazine groups is 1. The maximum Gasteiger partial charge on any atom is 0.168 e. The number of nitrogens with zero attached hydrogens (tertiary/aromatic N) is 6. The molecular formula is C22H20N8. The lowest BCUT2D eigenvalue weighted by molar-refractivity contribution is 0.744. The number of hydrogen-bond acceptors (Lipinski definition) is 7. The van der Waals surface area contributed by atoms with E-state index in [2.05, 4.69) is 38.3 Å². The van der Waals surface area contributed by atoms with E-state index >= 15 is 0 Å². The third kappa shape index (κ3) is 2.65. The maximum atomic E-state index is 6.22. The van der Waals surface area contributed by atoms with Crippen LogP contribution in [-0.2, 0) is 12.8 Å². The van der Waals surface area contributed by atoms with Gasteiger partial charge in [-0.2, -0.15) is 10.2 Å². The monoisotopic (exact) mass is 396 g/mol. The molecule has 0 atom stereocenters. The van der Waals surface area contributed by atoms with Crippen molar-refractivity contribution in [3.05, 3.63) is 59.8 Å². The number of nitrogen functional groups attached to an aromatic ring is 1. The van der Waals surface area contributed by atoms with Gasteiger partial charge in [0.2, 0.25) is 0 Å². The smallest absolute Gasteiger partial charge is 0.168 e. The molecule has 2 aliphatic rings. The van der Waals surface area contributed by atoms with E-state index < -0.39 is 0 Å². The number of aromatic nitrogens is 4. The summed E-state index contributed by atoms with van der Waals surface area (Å²) in [4.78, 5) is 14.0. The number of rotatable bonds is 3. The maximum absolute atomic E-state index is 6.22. The predicted molar refractivity (Wildman–Crippen MR) is 118 cm³/mol. The number of hydrogen-bond donors (Lipinski definition) is 2. The quantitative estimate of drug-likeness (QED) is 0.553. The van der Waals surface area contributed by atoms with Crippen molar-refractivity contribution in [2.75, 3.05) is 17.4 Å². The van der Waals surface area contributed by atoms with E-state index in [9.17, 15) is 0 Å². The van der Waals surface area contributed by atoms with Crippen molar-refractivity contribution in [1.29, 1.82) is 0 Å². The van der Waals surface area contributed by atoms with Gasteiger partial charge in [-0.3, -0.25) is 4.57 Å². The summed E-state index contributed by atoms with van der Waals surface area (Å²) < 4.78 is 2.07. The van der Waals surface area contributed by atoms with Crippen LogP contribution in [0.25, 0.3) is 28.2 Å². The molecule has 0 saturated heterocycles. The van der Waals surface area contributed by atoms with Crippen LogP contribution in [0, 0.1) is 0 Å². The first-order chi connectivity index (χ1) is 14.8. The van der Waals surface area contributed by atoms with Crippen molar-refractivity contribution in [3.8, 4) is 17.1 Å². The Bertz CT molecular complexity index is 1310. The van der Waals surface area contributed by atoms with Crippen LogP contribution in [0.4, 0.5) is 11.6 Å². The minimum Gasteiger partial charge on any atom is -0.383 e. The van der Waals surface area contributed by atoms with Crippen LogP contribution in [-0.4, -0.2) is 32.3 Å². The molecule has 0 radical (unpaired) electrons. The number of hydrazone groups is 1. The van der Waals surface area contributed by atoms with Crippen molar-refractivity contribution in [2.24, 2.45) is 5.10 Å². The number of imidazole rings is 1. The number of benzene rings is 1. The van der Waals surface area contributed by atoms with E-state index in [1.807, 2.05) is 30.5 Å². The van der Waals surface area contributed by atoms with Gasteiger partial charge in [0, 0.05) is 18.1 Å². The summed E-state index contributed by atoms with van der Waals surface area (Å²) in [6.07, 6.45) is 6.95. The highest BCUT2D eigenvalue weighted by Gasteiger charge is 2.21. The minimum absolute atomic E-state index is 0.446. The van der Waals surface area contributed by atoms with E-state index in [1.165, 1.54) is 17.5 Å². The van der Waals surface area contributed by atoms with Crippen LogP contribution >= 0.6 is 0 Å². The lowest BCUT2D eigenvalue weighted by atomic mass is 10.1. The summed E-state index contributed by atoms with van der Waals surface area (Å²) in [7, 11) is 0. The molecule has 1 aliphatic heterocycles. The molecule has 0 spiro atoms. The fourth-order valence-electron chi connectivity index (χ4n) is 4.23. The number of nitrogens with two attached hydrogens (primary N) is 1. The van der Waals surface area contributed by atoms with Gasteiger partial charge >= 0.3 is 0 Å². The number of pyridine rings is 2. The molecule has 1 aromatic carbocycles. The summed E-state index contributed by atoms with van der Waals surface area (Å²) in [5, 5.41) is 5.99. The van der Waals surface area contributed by atoms with Gasteiger partial charge in [-0.15, -0.1) is 0 Å². The van der Waals surface area contributed by atoms with Crippen molar-refractivity contribution < 1.29 is 0 Å². The average Bonchev–Trinajstić information content (AvgIpc) is 3.51. The van der Waals surface area contributed by atoms with Gasteiger partial charge < -0.3 is 5.73 Å². The standard InChI is InChI=1S/C22H20N8/c23-20-17(5-2-10-24-20)21-27-18-8-9-19(30-25-11-12-26-30)28-22(18)29(21)16-7-6-14-3-1-4-15(14)13-16/h2,5-11,13,26H,1,3-4,12H2,(H2,23,24). The van der Waals surface area contributed by atoms with Crippen LogP contribution in [0.5, 0.6) is 0 Å². The largest absolute Gasteiger partial charge is 0.383 e. The van der Waals surface area contributed by atoms with Crippen molar-refractivity contribution in [1.82, 2.24) is 24.9 Å². The van der Waals surface area contributed by atoms with Gasteiger partial charge in [0.15, 0.2) is 17.3 Å². The minimum atomic E-state index is 0.446. The average molecular weight is 396 g/mol. The zero-order valence-corrected chi connectivity index (χ0v) is 16.3. The molecule has 0 fully saturated rings. The Morgan fingerprint density at radius 2 is 1.93 bits per heavy atom. The molecule has 0 saturated carbocycles. The third-order valence-corrected chi connectivity index (χ3v) is 5.66. The normalized spacial score (nSPS) is 15.3. The molecule has 6 rings (SSSR count). The molecule has 3 aromatic heterocycles. The second kappa shape index (κ2) is 6.64. The lowest BCUT2D eigenvalue weighted by Gasteiger charge is -2.14. The number of fused-ring (bicyclic) bond motifs is 2. The number of aryl methyl sites for hydroxylation is 2. The van der Waals surface area contributed by atoms with Gasteiger partial charge in [-0.1, -0.05) is 6.07 Å². The second-order valence-electron chi connectivity index (χ2n) is 7.50. The molecule has 0 unspecified atom stereocenters. The molecule has 1 aliphatic carbocycles. The highest BCUT2D eigenvalue weighted by atomic mass is 15.7. The van der Waals surface area contributed by atoms with Crippen LogP contribution in [0.2, 0.25) is 0 Å². The molecule has 148 valence electrons. The molecule has 0 amide bonds. The first-order valence-corrected chi connectivity index (χ1v) is 10.1. The van der Waals surface area contributed by atoms with Gasteiger partial charge in [0.1, 0.15) is 11.3 Å². The molecule has 8 heteroatoms. The fraction of sp³-hybridized carbons (Fsp3) is 0.182. The summed E-state index contributed by atoms with van der Waals surface area (Å²) in [6.45, 7) is 0.682. The fourth-order valence-corrected chi connectivity index (χ4v) is 4.23. The molecule has 8 nitrogen and oxygen atoms in total. The first-order valence-electron chi connectivity index (χ1n) is 10.1.